The number of likely N-dealkylation sites (tertiary alicyclic amines) is 1. The van der Waals surface area contributed by atoms with E-state index in [2.05, 4.69) is 22.0 Å². The van der Waals surface area contributed by atoms with Gasteiger partial charge >= 0.3 is 0 Å². The van der Waals surface area contributed by atoms with Crippen LogP contribution in [0.1, 0.15) is 32.6 Å². The Morgan fingerprint density at radius 2 is 1.89 bits per heavy atom. The second-order valence-electron chi connectivity index (χ2n) is 5.90. The molecule has 0 aromatic carbocycles. The van der Waals surface area contributed by atoms with Crippen LogP contribution in [-0.2, 0) is 0 Å². The molecule has 4 heteroatoms. The molecule has 0 saturated carbocycles. The van der Waals surface area contributed by atoms with Crippen molar-refractivity contribution in [2.45, 2.75) is 44.8 Å². The molecule has 0 aromatic rings. The number of nitrogens with one attached hydrogen (secondary N) is 1. The number of aliphatic hydroxyl groups is 1. The van der Waals surface area contributed by atoms with E-state index >= 15 is 0 Å². The Bertz CT molecular complexity index is 231. The lowest BCUT2D eigenvalue weighted by molar-refractivity contribution is 0.0576. The SMILES string of the molecule is CC1CCCCCN1CC(O)CN1CCNCC1. The number of hydrogen-bond donors (Lipinski definition) is 2. The van der Waals surface area contributed by atoms with Crippen LogP contribution in [-0.4, -0.2) is 72.9 Å². The summed E-state index contributed by atoms with van der Waals surface area (Å²) in [5.41, 5.74) is 0. The Hall–Kier alpha value is -0.160. The number of hydrogen-bond acceptors (Lipinski definition) is 4. The van der Waals surface area contributed by atoms with Gasteiger partial charge in [-0.1, -0.05) is 12.8 Å². The monoisotopic (exact) mass is 255 g/mol. The molecule has 2 fully saturated rings. The third-order valence-electron chi connectivity index (χ3n) is 4.31. The summed E-state index contributed by atoms with van der Waals surface area (Å²) in [5.74, 6) is 0. The zero-order valence-electron chi connectivity index (χ0n) is 11.8. The van der Waals surface area contributed by atoms with Gasteiger partial charge in [-0.25, -0.2) is 0 Å². The first kappa shape index (κ1) is 14.3. The molecule has 2 aliphatic heterocycles. The third-order valence-corrected chi connectivity index (χ3v) is 4.31. The molecule has 2 unspecified atom stereocenters. The summed E-state index contributed by atoms with van der Waals surface area (Å²) in [4.78, 5) is 4.86. The normalized spacial score (nSPS) is 30.0. The van der Waals surface area contributed by atoms with Crippen molar-refractivity contribution in [1.82, 2.24) is 15.1 Å². The zero-order valence-corrected chi connectivity index (χ0v) is 11.8. The molecule has 0 aromatic heterocycles. The lowest BCUT2D eigenvalue weighted by atomic mass is 10.1. The second-order valence-corrected chi connectivity index (χ2v) is 5.90. The third kappa shape index (κ3) is 4.50. The highest BCUT2D eigenvalue weighted by Crippen LogP contribution is 2.16. The summed E-state index contributed by atoms with van der Waals surface area (Å²) in [6, 6.07) is 0.644. The first-order chi connectivity index (χ1) is 8.75. The molecule has 2 N–H and O–H groups in total. The molecule has 106 valence electrons. The van der Waals surface area contributed by atoms with Gasteiger partial charge in [0, 0.05) is 45.3 Å². The predicted molar refractivity (Wildman–Crippen MR) is 74.8 cm³/mol. The van der Waals surface area contributed by atoms with Gasteiger partial charge in [-0.05, 0) is 26.3 Å². The molecule has 0 amide bonds. The minimum Gasteiger partial charge on any atom is -0.390 e. The molecular weight excluding hydrogens is 226 g/mol. The van der Waals surface area contributed by atoms with E-state index in [9.17, 15) is 5.11 Å². The van der Waals surface area contributed by atoms with E-state index in [1.807, 2.05) is 0 Å². The van der Waals surface area contributed by atoms with E-state index in [1.54, 1.807) is 0 Å². The highest BCUT2D eigenvalue weighted by Gasteiger charge is 2.21. The van der Waals surface area contributed by atoms with E-state index in [-0.39, 0.29) is 6.10 Å². The van der Waals surface area contributed by atoms with Crippen LogP contribution in [0.5, 0.6) is 0 Å². The molecule has 0 aliphatic carbocycles. The minimum absolute atomic E-state index is 0.191. The van der Waals surface area contributed by atoms with Gasteiger partial charge in [-0.2, -0.15) is 0 Å². The highest BCUT2D eigenvalue weighted by molar-refractivity contribution is 4.77. The maximum atomic E-state index is 10.3. The van der Waals surface area contributed by atoms with Crippen molar-refractivity contribution < 1.29 is 5.11 Å². The van der Waals surface area contributed by atoms with Crippen molar-refractivity contribution in [2.75, 3.05) is 45.8 Å². The predicted octanol–water partition coefficient (Wildman–Crippen LogP) is 0.517. The molecule has 2 atom stereocenters. The first-order valence-electron chi connectivity index (χ1n) is 7.61. The molecule has 2 saturated heterocycles. The van der Waals surface area contributed by atoms with Gasteiger partial charge in [-0.15, -0.1) is 0 Å². The van der Waals surface area contributed by atoms with Gasteiger partial charge < -0.3 is 10.4 Å². The number of nitrogens with zero attached hydrogens (tertiary/aromatic N) is 2. The molecule has 0 bridgehead atoms. The largest absolute Gasteiger partial charge is 0.390 e. The van der Waals surface area contributed by atoms with E-state index < -0.39 is 0 Å². The van der Waals surface area contributed by atoms with Gasteiger partial charge in [0.1, 0.15) is 0 Å². The van der Waals surface area contributed by atoms with Crippen LogP contribution in [0.2, 0.25) is 0 Å². The van der Waals surface area contributed by atoms with Gasteiger partial charge in [0.2, 0.25) is 0 Å². The summed E-state index contributed by atoms with van der Waals surface area (Å²) in [6.45, 7) is 9.44. The number of β-amino-alcohol motifs (C(OH)–C–C–N with tert-alkyl or cyclic N) is 1. The number of aliphatic hydroxyl groups excluding tert-OH is 1. The Labute approximate surface area is 111 Å². The van der Waals surface area contributed by atoms with Gasteiger partial charge in [0.05, 0.1) is 6.10 Å². The van der Waals surface area contributed by atoms with Gasteiger partial charge in [-0.3, -0.25) is 9.80 Å². The Morgan fingerprint density at radius 3 is 2.67 bits per heavy atom. The van der Waals surface area contributed by atoms with Crippen LogP contribution in [0.3, 0.4) is 0 Å². The van der Waals surface area contributed by atoms with Crippen LogP contribution < -0.4 is 5.32 Å². The fourth-order valence-corrected chi connectivity index (χ4v) is 3.13. The van der Waals surface area contributed by atoms with Crippen LogP contribution in [0.25, 0.3) is 0 Å². The number of rotatable bonds is 4. The summed E-state index contributed by atoms with van der Waals surface area (Å²) in [7, 11) is 0. The molecule has 2 heterocycles. The van der Waals surface area contributed by atoms with Crippen LogP contribution >= 0.6 is 0 Å². The topological polar surface area (TPSA) is 38.7 Å². The van der Waals surface area contributed by atoms with Crippen molar-refractivity contribution in [2.24, 2.45) is 0 Å². The Kier molecular flexibility index (Phi) is 5.89. The average molecular weight is 255 g/mol. The van der Waals surface area contributed by atoms with Gasteiger partial charge in [0.25, 0.3) is 0 Å². The van der Waals surface area contributed by atoms with E-state index in [0.29, 0.717) is 6.04 Å². The van der Waals surface area contributed by atoms with Gasteiger partial charge in [0.15, 0.2) is 0 Å². The fraction of sp³-hybridized carbons (Fsp3) is 1.00. The molecule has 0 spiro atoms. The van der Waals surface area contributed by atoms with Crippen molar-refractivity contribution in [3.8, 4) is 0 Å². The van der Waals surface area contributed by atoms with Crippen LogP contribution in [0, 0.1) is 0 Å². The van der Waals surface area contributed by atoms with Crippen molar-refractivity contribution in [1.29, 1.82) is 0 Å². The smallest absolute Gasteiger partial charge is 0.0793 e. The molecule has 0 radical (unpaired) electrons. The van der Waals surface area contributed by atoms with Crippen LogP contribution in [0.15, 0.2) is 0 Å². The van der Waals surface area contributed by atoms with E-state index in [0.717, 1.165) is 39.3 Å². The molecule has 2 rings (SSSR count). The lowest BCUT2D eigenvalue weighted by Gasteiger charge is -2.33. The molecule has 4 nitrogen and oxygen atoms in total. The Morgan fingerprint density at radius 1 is 1.11 bits per heavy atom. The number of piperazine rings is 1. The highest BCUT2D eigenvalue weighted by atomic mass is 16.3. The maximum Gasteiger partial charge on any atom is 0.0793 e. The van der Waals surface area contributed by atoms with E-state index in [4.69, 9.17) is 0 Å². The van der Waals surface area contributed by atoms with Crippen molar-refractivity contribution >= 4 is 0 Å². The summed E-state index contributed by atoms with van der Waals surface area (Å²) < 4.78 is 0. The minimum atomic E-state index is -0.191. The van der Waals surface area contributed by atoms with E-state index in [1.165, 1.54) is 32.2 Å². The average Bonchev–Trinajstić information content (AvgIpc) is 2.56. The Balaban J connectivity index is 1.72. The quantitative estimate of drug-likeness (QED) is 0.768. The van der Waals surface area contributed by atoms with Crippen molar-refractivity contribution in [3.63, 3.8) is 0 Å². The zero-order chi connectivity index (χ0) is 12.8. The van der Waals surface area contributed by atoms with Crippen molar-refractivity contribution in [3.05, 3.63) is 0 Å². The summed E-state index contributed by atoms with van der Waals surface area (Å²) in [5, 5.41) is 13.6. The molecular formula is C14H29N3O. The summed E-state index contributed by atoms with van der Waals surface area (Å²) in [6.07, 6.45) is 5.11. The van der Waals surface area contributed by atoms with Crippen LogP contribution in [0.4, 0.5) is 0 Å². The standard InChI is InChI=1S/C14H29N3O/c1-13-5-3-2-4-8-17(13)12-14(18)11-16-9-6-15-7-10-16/h13-15,18H,2-12H2,1H3. The fourth-order valence-electron chi connectivity index (χ4n) is 3.13. The maximum absolute atomic E-state index is 10.3. The first-order valence-corrected chi connectivity index (χ1v) is 7.61. The molecule has 2 aliphatic rings. The lowest BCUT2D eigenvalue weighted by Crippen LogP contribution is -2.49. The second kappa shape index (κ2) is 7.43. The molecule has 18 heavy (non-hydrogen) atoms. The summed E-state index contributed by atoms with van der Waals surface area (Å²) >= 11 is 0.